The molecule has 0 aliphatic heterocycles. The van der Waals surface area contributed by atoms with E-state index < -0.39 is 18.1 Å². The van der Waals surface area contributed by atoms with Crippen molar-refractivity contribution >= 4 is 12.0 Å². The van der Waals surface area contributed by atoms with Crippen molar-refractivity contribution in [1.82, 2.24) is 10.8 Å². The van der Waals surface area contributed by atoms with Crippen LogP contribution in [0.2, 0.25) is 0 Å². The minimum atomic E-state index is -0.525. The fourth-order valence-corrected chi connectivity index (χ4v) is 2.10. The van der Waals surface area contributed by atoms with Crippen molar-refractivity contribution in [2.24, 2.45) is 0 Å². The fraction of sp³-hybridized carbons (Fsp3) is 0.412. The molecule has 1 rings (SSSR count). The molecule has 2 amide bonds. The van der Waals surface area contributed by atoms with E-state index in [1.54, 1.807) is 23.7 Å². The average molecular weight is 336 g/mol. The van der Waals surface area contributed by atoms with Gasteiger partial charge in [0, 0.05) is 19.4 Å². The summed E-state index contributed by atoms with van der Waals surface area (Å²) < 4.78 is 5.38. The number of amides is 2. The van der Waals surface area contributed by atoms with Crippen molar-refractivity contribution in [3.8, 4) is 5.75 Å². The van der Waals surface area contributed by atoms with E-state index in [0.717, 1.165) is 12.0 Å². The summed E-state index contributed by atoms with van der Waals surface area (Å²) in [7, 11) is 0. The zero-order chi connectivity index (χ0) is 17.8. The first-order valence-corrected chi connectivity index (χ1v) is 7.84. The SMILES string of the molecule is C=CC[C@@H](OC(=O)NCCCCCC(=O)NO)c1ccc(O)cc1. The van der Waals surface area contributed by atoms with Crippen LogP contribution in [0.25, 0.3) is 0 Å². The Hall–Kier alpha value is -2.54. The summed E-state index contributed by atoms with van der Waals surface area (Å²) in [6, 6.07) is 6.47. The maximum atomic E-state index is 11.8. The molecule has 0 bridgehead atoms. The summed E-state index contributed by atoms with van der Waals surface area (Å²) in [5.74, 6) is -0.265. The number of phenols is 1. The molecular formula is C17H24N2O5. The van der Waals surface area contributed by atoms with Gasteiger partial charge in [0.1, 0.15) is 11.9 Å². The number of hydroxylamine groups is 1. The Balaban J connectivity index is 2.31. The molecule has 7 nitrogen and oxygen atoms in total. The van der Waals surface area contributed by atoms with Gasteiger partial charge in [0.2, 0.25) is 5.91 Å². The van der Waals surface area contributed by atoms with Crippen LogP contribution in [0.5, 0.6) is 5.75 Å². The average Bonchev–Trinajstić information content (AvgIpc) is 2.58. The van der Waals surface area contributed by atoms with Gasteiger partial charge in [-0.3, -0.25) is 10.0 Å². The van der Waals surface area contributed by atoms with Gasteiger partial charge in [-0.2, -0.15) is 0 Å². The van der Waals surface area contributed by atoms with E-state index in [9.17, 15) is 14.7 Å². The second-order valence-electron chi connectivity index (χ2n) is 5.28. The zero-order valence-electron chi connectivity index (χ0n) is 13.5. The Morgan fingerprint density at radius 1 is 1.21 bits per heavy atom. The first-order valence-electron chi connectivity index (χ1n) is 7.84. The number of carbonyl (C=O) groups is 2. The Kier molecular flexibility index (Phi) is 8.99. The molecule has 7 heteroatoms. The highest BCUT2D eigenvalue weighted by Gasteiger charge is 2.15. The van der Waals surface area contributed by atoms with Gasteiger partial charge in [0.05, 0.1) is 0 Å². The molecule has 4 N–H and O–H groups in total. The summed E-state index contributed by atoms with van der Waals surface area (Å²) in [4.78, 5) is 22.7. The van der Waals surface area contributed by atoms with E-state index in [1.807, 2.05) is 0 Å². The third-order valence-electron chi connectivity index (χ3n) is 3.37. The third kappa shape index (κ3) is 7.64. The van der Waals surface area contributed by atoms with Crippen LogP contribution >= 0.6 is 0 Å². The highest BCUT2D eigenvalue weighted by molar-refractivity contribution is 5.74. The maximum Gasteiger partial charge on any atom is 0.407 e. The lowest BCUT2D eigenvalue weighted by atomic mass is 10.1. The second kappa shape index (κ2) is 11.1. The molecule has 0 saturated heterocycles. The number of alkyl carbamates (subject to hydrolysis) is 1. The molecule has 0 unspecified atom stereocenters. The first-order chi connectivity index (χ1) is 11.6. The third-order valence-corrected chi connectivity index (χ3v) is 3.37. The second-order valence-corrected chi connectivity index (χ2v) is 5.28. The largest absolute Gasteiger partial charge is 0.508 e. The van der Waals surface area contributed by atoms with E-state index >= 15 is 0 Å². The molecule has 1 aromatic carbocycles. The Labute approximate surface area is 141 Å². The van der Waals surface area contributed by atoms with Crippen LogP contribution < -0.4 is 10.8 Å². The lowest BCUT2D eigenvalue weighted by Crippen LogP contribution is -2.27. The van der Waals surface area contributed by atoms with E-state index in [0.29, 0.717) is 25.8 Å². The molecule has 24 heavy (non-hydrogen) atoms. The highest BCUT2D eigenvalue weighted by Crippen LogP contribution is 2.23. The normalized spacial score (nSPS) is 11.4. The molecule has 0 fully saturated rings. The molecule has 0 radical (unpaired) electrons. The molecule has 0 saturated carbocycles. The quantitative estimate of drug-likeness (QED) is 0.227. The number of ether oxygens (including phenoxy) is 1. The number of carbonyl (C=O) groups excluding carboxylic acids is 2. The van der Waals surface area contributed by atoms with Gasteiger partial charge in [-0.05, 0) is 30.5 Å². The van der Waals surface area contributed by atoms with E-state index in [1.165, 1.54) is 12.1 Å². The maximum absolute atomic E-state index is 11.8. The van der Waals surface area contributed by atoms with Gasteiger partial charge in [-0.25, -0.2) is 10.3 Å². The number of rotatable bonds is 10. The summed E-state index contributed by atoms with van der Waals surface area (Å²) in [6.07, 6.45) is 3.49. The predicted octanol–water partition coefficient (Wildman–Crippen LogP) is 2.80. The van der Waals surface area contributed by atoms with Crippen molar-refractivity contribution in [2.45, 2.75) is 38.2 Å². The number of unbranched alkanes of at least 4 members (excludes halogenated alkanes) is 2. The predicted molar refractivity (Wildman–Crippen MR) is 88.5 cm³/mol. The van der Waals surface area contributed by atoms with Crippen LogP contribution in [-0.4, -0.2) is 28.9 Å². The monoisotopic (exact) mass is 336 g/mol. The van der Waals surface area contributed by atoms with Crippen molar-refractivity contribution < 1.29 is 24.6 Å². The summed E-state index contributed by atoms with van der Waals surface area (Å²) in [5.41, 5.74) is 2.35. The molecular weight excluding hydrogens is 312 g/mol. The topological polar surface area (TPSA) is 108 Å². The standard InChI is InChI=1S/C17H24N2O5/c1-2-6-15(13-8-10-14(20)11-9-13)24-17(22)18-12-5-3-4-7-16(21)19-23/h2,8-11,15,20,23H,1,3-7,12H2,(H,18,22)(H,19,21)/t15-/m1/s1. The van der Waals surface area contributed by atoms with E-state index in [4.69, 9.17) is 9.94 Å². The van der Waals surface area contributed by atoms with Crippen LogP contribution in [0.1, 0.15) is 43.8 Å². The lowest BCUT2D eigenvalue weighted by Gasteiger charge is -2.17. The minimum Gasteiger partial charge on any atom is -0.508 e. The molecule has 0 aromatic heterocycles. The number of nitrogens with one attached hydrogen (secondary N) is 2. The first kappa shape index (κ1) is 19.5. The summed E-state index contributed by atoms with van der Waals surface area (Å²) >= 11 is 0. The molecule has 0 aliphatic rings. The Bertz CT molecular complexity index is 530. The number of aromatic hydroxyl groups is 1. The van der Waals surface area contributed by atoms with Gasteiger partial charge in [-0.15, -0.1) is 6.58 Å². The van der Waals surface area contributed by atoms with Gasteiger partial charge in [0.25, 0.3) is 0 Å². The van der Waals surface area contributed by atoms with Crippen molar-refractivity contribution in [3.05, 3.63) is 42.5 Å². The van der Waals surface area contributed by atoms with Crippen molar-refractivity contribution in [1.29, 1.82) is 0 Å². The fourth-order valence-electron chi connectivity index (χ4n) is 2.10. The van der Waals surface area contributed by atoms with Crippen LogP contribution in [0.4, 0.5) is 4.79 Å². The highest BCUT2D eigenvalue weighted by atomic mass is 16.6. The number of phenolic OH excluding ortho intramolecular Hbond substituents is 1. The van der Waals surface area contributed by atoms with Crippen LogP contribution in [-0.2, 0) is 9.53 Å². The Morgan fingerprint density at radius 2 is 1.92 bits per heavy atom. The van der Waals surface area contributed by atoms with Gasteiger partial charge >= 0.3 is 6.09 Å². The van der Waals surface area contributed by atoms with Gasteiger partial charge in [0.15, 0.2) is 0 Å². The van der Waals surface area contributed by atoms with E-state index in [-0.39, 0.29) is 12.2 Å². The lowest BCUT2D eigenvalue weighted by molar-refractivity contribution is -0.129. The molecule has 132 valence electrons. The van der Waals surface area contributed by atoms with Crippen LogP contribution in [0, 0.1) is 0 Å². The van der Waals surface area contributed by atoms with Crippen LogP contribution in [0.3, 0.4) is 0 Å². The number of hydrogen-bond donors (Lipinski definition) is 4. The van der Waals surface area contributed by atoms with Gasteiger partial charge in [-0.1, -0.05) is 24.6 Å². The van der Waals surface area contributed by atoms with Gasteiger partial charge < -0.3 is 15.2 Å². The van der Waals surface area contributed by atoms with Crippen molar-refractivity contribution in [2.75, 3.05) is 6.54 Å². The zero-order valence-corrected chi connectivity index (χ0v) is 13.5. The van der Waals surface area contributed by atoms with E-state index in [2.05, 4.69) is 11.9 Å². The minimum absolute atomic E-state index is 0.149. The smallest absolute Gasteiger partial charge is 0.407 e. The van der Waals surface area contributed by atoms with Crippen molar-refractivity contribution in [3.63, 3.8) is 0 Å². The molecule has 0 aliphatic carbocycles. The summed E-state index contributed by atoms with van der Waals surface area (Å²) in [6.45, 7) is 4.10. The number of benzene rings is 1. The molecule has 0 heterocycles. The van der Waals surface area contributed by atoms with Crippen LogP contribution in [0.15, 0.2) is 36.9 Å². The molecule has 0 spiro atoms. The molecule has 1 aromatic rings. The molecule has 1 atom stereocenters. The number of hydrogen-bond acceptors (Lipinski definition) is 5. The summed E-state index contributed by atoms with van der Waals surface area (Å²) in [5, 5.41) is 20.3. The Morgan fingerprint density at radius 3 is 2.54 bits per heavy atom.